The Kier molecular flexibility index (Phi) is 11.3. The molecule has 0 unspecified atom stereocenters. The van der Waals surface area contributed by atoms with Crippen molar-refractivity contribution < 1.29 is 4.74 Å². The zero-order chi connectivity index (χ0) is 17.3. The highest BCUT2D eigenvalue weighted by atomic mass is 127. The van der Waals surface area contributed by atoms with Crippen LogP contribution >= 0.6 is 47.1 Å². The van der Waals surface area contributed by atoms with Crippen LogP contribution in [0.1, 0.15) is 20.3 Å². The molecule has 1 saturated heterocycles. The van der Waals surface area contributed by atoms with Crippen molar-refractivity contribution in [3.63, 3.8) is 0 Å². The SMILES string of the molecule is CN=C(NCCCSc1nccs1)NCC(C)(C)N1CCOCC1.I. The Morgan fingerprint density at radius 1 is 1.40 bits per heavy atom. The van der Waals surface area contributed by atoms with Crippen LogP contribution in [0.5, 0.6) is 0 Å². The number of thiazole rings is 1. The summed E-state index contributed by atoms with van der Waals surface area (Å²) in [7, 11) is 1.82. The number of hydrogen-bond acceptors (Lipinski definition) is 6. The minimum atomic E-state index is 0. The molecule has 0 spiro atoms. The van der Waals surface area contributed by atoms with Gasteiger partial charge in [-0.05, 0) is 20.3 Å². The molecule has 1 aromatic rings. The Balaban J connectivity index is 0.00000312. The summed E-state index contributed by atoms with van der Waals surface area (Å²) in [5.41, 5.74) is 0.0854. The maximum absolute atomic E-state index is 5.44. The van der Waals surface area contributed by atoms with Crippen molar-refractivity contribution >= 4 is 53.0 Å². The summed E-state index contributed by atoms with van der Waals surface area (Å²) >= 11 is 3.51. The van der Waals surface area contributed by atoms with Crippen LogP contribution in [0.3, 0.4) is 0 Å². The molecule has 0 aromatic carbocycles. The van der Waals surface area contributed by atoms with E-state index in [1.807, 2.05) is 30.4 Å². The van der Waals surface area contributed by atoms with Crippen LogP contribution in [-0.4, -0.2) is 73.6 Å². The summed E-state index contributed by atoms with van der Waals surface area (Å²) < 4.78 is 6.58. The third-order valence-electron chi connectivity index (χ3n) is 4.03. The van der Waals surface area contributed by atoms with E-state index < -0.39 is 0 Å². The first-order chi connectivity index (χ1) is 11.6. The van der Waals surface area contributed by atoms with Gasteiger partial charge >= 0.3 is 0 Å². The van der Waals surface area contributed by atoms with Gasteiger partial charge in [-0.2, -0.15) is 0 Å². The van der Waals surface area contributed by atoms with Gasteiger partial charge in [0.1, 0.15) is 4.34 Å². The van der Waals surface area contributed by atoms with Gasteiger partial charge in [-0.15, -0.1) is 35.3 Å². The molecule has 1 aliphatic rings. The fraction of sp³-hybridized carbons (Fsp3) is 0.750. The van der Waals surface area contributed by atoms with Crippen molar-refractivity contribution in [1.82, 2.24) is 20.5 Å². The maximum Gasteiger partial charge on any atom is 0.191 e. The molecule has 25 heavy (non-hydrogen) atoms. The summed E-state index contributed by atoms with van der Waals surface area (Å²) in [6, 6.07) is 0. The van der Waals surface area contributed by atoms with Crippen molar-refractivity contribution in [3.8, 4) is 0 Å². The van der Waals surface area contributed by atoms with Gasteiger partial charge in [0.15, 0.2) is 5.96 Å². The number of rotatable bonds is 8. The van der Waals surface area contributed by atoms with Crippen LogP contribution in [0.25, 0.3) is 0 Å². The van der Waals surface area contributed by atoms with Crippen molar-refractivity contribution in [2.45, 2.75) is 30.1 Å². The van der Waals surface area contributed by atoms with Gasteiger partial charge in [0.2, 0.25) is 0 Å². The van der Waals surface area contributed by atoms with E-state index in [0.29, 0.717) is 0 Å². The Morgan fingerprint density at radius 3 is 2.80 bits per heavy atom. The van der Waals surface area contributed by atoms with E-state index in [9.17, 15) is 0 Å². The molecule has 2 rings (SSSR count). The Labute approximate surface area is 176 Å². The van der Waals surface area contributed by atoms with Gasteiger partial charge in [0.25, 0.3) is 0 Å². The van der Waals surface area contributed by atoms with E-state index in [0.717, 1.165) is 61.9 Å². The molecular formula is C16H30IN5OS2. The van der Waals surface area contributed by atoms with Gasteiger partial charge in [-0.25, -0.2) is 4.98 Å². The van der Waals surface area contributed by atoms with Gasteiger partial charge in [-0.3, -0.25) is 9.89 Å². The van der Waals surface area contributed by atoms with Gasteiger partial charge in [-0.1, -0.05) is 11.8 Å². The summed E-state index contributed by atoms with van der Waals surface area (Å²) in [6.45, 7) is 9.95. The summed E-state index contributed by atoms with van der Waals surface area (Å²) in [6.07, 6.45) is 2.94. The average molecular weight is 499 g/mol. The van der Waals surface area contributed by atoms with Gasteiger partial charge < -0.3 is 15.4 Å². The molecule has 0 amide bonds. The number of guanidine groups is 1. The number of thioether (sulfide) groups is 1. The third-order valence-corrected chi connectivity index (χ3v) is 6.08. The second-order valence-corrected chi connectivity index (χ2v) is 8.50. The number of ether oxygens (including phenoxy) is 1. The number of aliphatic imine (C=N–C) groups is 1. The number of aromatic nitrogens is 1. The molecular weight excluding hydrogens is 469 g/mol. The molecule has 1 fully saturated rings. The number of morpholine rings is 1. The molecule has 2 heterocycles. The van der Waals surface area contributed by atoms with Crippen molar-refractivity contribution in [1.29, 1.82) is 0 Å². The largest absolute Gasteiger partial charge is 0.379 e. The van der Waals surface area contributed by atoms with E-state index >= 15 is 0 Å². The Morgan fingerprint density at radius 2 is 2.16 bits per heavy atom. The van der Waals surface area contributed by atoms with Crippen LogP contribution in [0.2, 0.25) is 0 Å². The van der Waals surface area contributed by atoms with E-state index in [1.54, 1.807) is 11.3 Å². The highest BCUT2D eigenvalue weighted by Crippen LogP contribution is 2.20. The standard InChI is InChI=1S/C16H29N5OS2.HI/c1-16(2,21-7-9-22-10-8-21)13-20-14(17-3)18-5-4-11-23-15-19-6-12-24-15;/h6,12H,4-5,7-11,13H2,1-3H3,(H2,17,18,20);1H. The molecule has 0 bridgehead atoms. The van der Waals surface area contributed by atoms with Crippen LogP contribution in [0, 0.1) is 0 Å². The van der Waals surface area contributed by atoms with Crippen LogP contribution in [0.4, 0.5) is 0 Å². The van der Waals surface area contributed by atoms with Crippen LogP contribution < -0.4 is 10.6 Å². The summed E-state index contributed by atoms with van der Waals surface area (Å²) in [5, 5.41) is 8.86. The van der Waals surface area contributed by atoms with Crippen LogP contribution in [0.15, 0.2) is 20.9 Å². The predicted molar refractivity (Wildman–Crippen MR) is 119 cm³/mol. The van der Waals surface area contributed by atoms with Crippen molar-refractivity contribution in [2.24, 2.45) is 4.99 Å². The third kappa shape index (κ3) is 8.42. The lowest BCUT2D eigenvalue weighted by molar-refractivity contribution is -0.00833. The lowest BCUT2D eigenvalue weighted by atomic mass is 10.0. The fourth-order valence-electron chi connectivity index (χ4n) is 2.52. The smallest absolute Gasteiger partial charge is 0.191 e. The van der Waals surface area contributed by atoms with E-state index in [1.165, 1.54) is 0 Å². The molecule has 0 atom stereocenters. The first-order valence-electron chi connectivity index (χ1n) is 8.41. The molecule has 6 nitrogen and oxygen atoms in total. The highest BCUT2D eigenvalue weighted by molar-refractivity contribution is 14.0. The zero-order valence-electron chi connectivity index (χ0n) is 15.3. The summed E-state index contributed by atoms with van der Waals surface area (Å²) in [4.78, 5) is 11.1. The average Bonchev–Trinajstić information content (AvgIpc) is 3.11. The second-order valence-electron chi connectivity index (χ2n) is 6.26. The van der Waals surface area contributed by atoms with Gasteiger partial charge in [0.05, 0.1) is 13.2 Å². The predicted octanol–water partition coefficient (Wildman–Crippen LogP) is 2.52. The first-order valence-corrected chi connectivity index (χ1v) is 10.3. The molecule has 144 valence electrons. The minimum Gasteiger partial charge on any atom is -0.379 e. The van der Waals surface area contributed by atoms with E-state index in [-0.39, 0.29) is 29.5 Å². The number of halogens is 1. The van der Waals surface area contributed by atoms with Crippen LogP contribution in [-0.2, 0) is 4.74 Å². The monoisotopic (exact) mass is 499 g/mol. The molecule has 2 N–H and O–H groups in total. The quantitative estimate of drug-likeness (QED) is 0.189. The Hall–Kier alpha value is -0.100. The van der Waals surface area contributed by atoms with E-state index in [2.05, 4.69) is 39.4 Å². The van der Waals surface area contributed by atoms with Crippen molar-refractivity contribution in [2.75, 3.05) is 52.2 Å². The molecule has 0 saturated carbocycles. The number of nitrogens with zero attached hydrogens (tertiary/aromatic N) is 3. The number of hydrogen-bond donors (Lipinski definition) is 2. The van der Waals surface area contributed by atoms with Gasteiger partial charge in [0, 0.05) is 56.1 Å². The van der Waals surface area contributed by atoms with E-state index in [4.69, 9.17) is 4.74 Å². The zero-order valence-corrected chi connectivity index (χ0v) is 19.2. The van der Waals surface area contributed by atoms with Crippen molar-refractivity contribution in [3.05, 3.63) is 11.6 Å². The molecule has 1 aromatic heterocycles. The molecule has 0 aliphatic carbocycles. The topological polar surface area (TPSA) is 61.8 Å². The lowest BCUT2D eigenvalue weighted by Gasteiger charge is -2.41. The maximum atomic E-state index is 5.44. The summed E-state index contributed by atoms with van der Waals surface area (Å²) in [5.74, 6) is 1.94. The highest BCUT2D eigenvalue weighted by Gasteiger charge is 2.28. The number of nitrogens with one attached hydrogen (secondary N) is 2. The molecule has 1 aliphatic heterocycles. The lowest BCUT2D eigenvalue weighted by Crippen LogP contribution is -2.56. The molecule has 0 radical (unpaired) electrons. The normalized spacial score (nSPS) is 16.4. The minimum absolute atomic E-state index is 0. The second kappa shape index (κ2) is 12.3. The fourth-order valence-corrected chi connectivity index (χ4v) is 4.17. The molecule has 9 heteroatoms. The first kappa shape index (κ1) is 22.9. The Bertz CT molecular complexity index is 493.